The largest absolute Gasteiger partial charge is 0.369 e. The summed E-state index contributed by atoms with van der Waals surface area (Å²) < 4.78 is 13.9. The number of benzene rings is 2. The number of fused-ring (bicyclic) bond motifs is 1. The fourth-order valence-corrected chi connectivity index (χ4v) is 3.32. The van der Waals surface area contributed by atoms with Crippen LogP contribution in [0.2, 0.25) is 0 Å². The van der Waals surface area contributed by atoms with Gasteiger partial charge in [-0.15, -0.1) is 0 Å². The molecule has 1 amide bonds. The van der Waals surface area contributed by atoms with Gasteiger partial charge in [-0.05, 0) is 55.6 Å². The maximum Gasteiger partial charge on any atom is 0.255 e. The number of halogens is 1. The number of carbonyl (C=O) groups excluding carboxylic acids is 1. The molecule has 1 aliphatic heterocycles. The Hall–Kier alpha value is -2.99. The van der Waals surface area contributed by atoms with E-state index in [1.54, 1.807) is 24.4 Å². The van der Waals surface area contributed by atoms with Crippen molar-refractivity contribution in [1.29, 1.82) is 0 Å². The predicted molar refractivity (Wildman–Crippen MR) is 106 cm³/mol. The average molecular weight is 364 g/mol. The second kappa shape index (κ2) is 7.32. The summed E-state index contributed by atoms with van der Waals surface area (Å²) in [4.78, 5) is 21.4. The van der Waals surface area contributed by atoms with Crippen molar-refractivity contribution in [1.82, 2.24) is 9.88 Å². The van der Waals surface area contributed by atoms with Gasteiger partial charge < -0.3 is 15.1 Å². The van der Waals surface area contributed by atoms with E-state index in [2.05, 4.69) is 27.1 Å². The zero-order valence-corrected chi connectivity index (χ0v) is 15.2. The van der Waals surface area contributed by atoms with Gasteiger partial charge in [0.2, 0.25) is 0 Å². The molecule has 3 aromatic rings. The van der Waals surface area contributed by atoms with Gasteiger partial charge in [-0.3, -0.25) is 9.78 Å². The third kappa shape index (κ3) is 3.61. The zero-order valence-electron chi connectivity index (χ0n) is 15.2. The summed E-state index contributed by atoms with van der Waals surface area (Å²) in [5, 5.41) is 3.23. The monoisotopic (exact) mass is 364 g/mol. The summed E-state index contributed by atoms with van der Waals surface area (Å²) in [6, 6.07) is 13.8. The number of anilines is 2. The molecule has 1 aromatic heterocycles. The lowest BCUT2D eigenvalue weighted by atomic mass is 10.1. The van der Waals surface area contributed by atoms with Crippen LogP contribution >= 0.6 is 0 Å². The first-order chi connectivity index (χ1) is 13.1. The number of aromatic nitrogens is 1. The first-order valence-electron chi connectivity index (χ1n) is 9.00. The minimum Gasteiger partial charge on any atom is -0.369 e. The number of amides is 1. The highest BCUT2D eigenvalue weighted by Crippen LogP contribution is 2.24. The van der Waals surface area contributed by atoms with Gasteiger partial charge in [0.25, 0.3) is 5.91 Å². The molecule has 0 spiro atoms. The Morgan fingerprint density at radius 3 is 2.52 bits per heavy atom. The van der Waals surface area contributed by atoms with Gasteiger partial charge in [-0.1, -0.05) is 0 Å². The molecule has 1 fully saturated rings. The molecule has 1 saturated heterocycles. The standard InChI is InChI=1S/C21H21FN4O/c1-25-11-13-26(14-12-25)16-6-4-15(5-7-16)21(27)24-19-9-8-18(22)17-3-2-10-23-20(17)19/h2-10H,11-14H2,1H3,(H,24,27). The fourth-order valence-electron chi connectivity index (χ4n) is 3.32. The van der Waals surface area contributed by atoms with E-state index in [0.717, 1.165) is 31.9 Å². The van der Waals surface area contributed by atoms with E-state index in [1.165, 1.54) is 6.07 Å². The highest BCUT2D eigenvalue weighted by Gasteiger charge is 2.15. The van der Waals surface area contributed by atoms with Crippen molar-refractivity contribution in [2.75, 3.05) is 43.4 Å². The molecule has 1 N–H and O–H groups in total. The van der Waals surface area contributed by atoms with Crippen LogP contribution in [0.5, 0.6) is 0 Å². The molecular weight excluding hydrogens is 343 g/mol. The van der Waals surface area contributed by atoms with E-state index < -0.39 is 0 Å². The fraction of sp³-hybridized carbons (Fsp3) is 0.238. The van der Waals surface area contributed by atoms with Gasteiger partial charge in [-0.25, -0.2) is 4.39 Å². The van der Waals surface area contributed by atoms with Crippen molar-refractivity contribution < 1.29 is 9.18 Å². The van der Waals surface area contributed by atoms with Crippen molar-refractivity contribution >= 4 is 28.2 Å². The van der Waals surface area contributed by atoms with Crippen LogP contribution in [0.25, 0.3) is 10.9 Å². The van der Waals surface area contributed by atoms with Crippen LogP contribution in [0.15, 0.2) is 54.7 Å². The van der Waals surface area contributed by atoms with E-state index in [-0.39, 0.29) is 11.7 Å². The van der Waals surface area contributed by atoms with Crippen molar-refractivity contribution in [2.24, 2.45) is 0 Å². The lowest BCUT2D eigenvalue weighted by molar-refractivity contribution is 0.102. The maximum absolute atomic E-state index is 13.9. The molecular formula is C21H21FN4O. The highest BCUT2D eigenvalue weighted by atomic mass is 19.1. The number of likely N-dealkylation sites (N-methyl/N-ethyl adjacent to an activating group) is 1. The maximum atomic E-state index is 13.9. The van der Waals surface area contributed by atoms with Crippen LogP contribution in [0, 0.1) is 5.82 Å². The number of rotatable bonds is 3. The molecule has 6 heteroatoms. The first kappa shape index (κ1) is 17.4. The van der Waals surface area contributed by atoms with Gasteiger partial charge in [0.05, 0.1) is 11.2 Å². The first-order valence-corrected chi connectivity index (χ1v) is 9.00. The molecule has 4 rings (SSSR count). The summed E-state index contributed by atoms with van der Waals surface area (Å²) in [6.07, 6.45) is 1.59. The van der Waals surface area contributed by atoms with Crippen LogP contribution < -0.4 is 10.2 Å². The summed E-state index contributed by atoms with van der Waals surface area (Å²) in [6.45, 7) is 4.03. The van der Waals surface area contributed by atoms with Crippen LogP contribution in [0.1, 0.15) is 10.4 Å². The molecule has 1 aliphatic rings. The van der Waals surface area contributed by atoms with Crippen LogP contribution in [0.3, 0.4) is 0 Å². The number of nitrogens with zero attached hydrogens (tertiary/aromatic N) is 3. The van der Waals surface area contributed by atoms with Gasteiger partial charge in [0, 0.05) is 49.0 Å². The second-order valence-corrected chi connectivity index (χ2v) is 6.79. The number of piperazine rings is 1. The van der Waals surface area contributed by atoms with Crippen LogP contribution in [0.4, 0.5) is 15.8 Å². The van der Waals surface area contributed by atoms with Gasteiger partial charge >= 0.3 is 0 Å². The average Bonchev–Trinajstić information content (AvgIpc) is 2.71. The van der Waals surface area contributed by atoms with Gasteiger partial charge in [0.15, 0.2) is 0 Å². The Kier molecular flexibility index (Phi) is 4.73. The second-order valence-electron chi connectivity index (χ2n) is 6.79. The summed E-state index contributed by atoms with van der Waals surface area (Å²) >= 11 is 0. The van der Waals surface area contributed by atoms with Crippen molar-refractivity contribution in [2.45, 2.75) is 0 Å². The number of carbonyl (C=O) groups is 1. The molecule has 0 radical (unpaired) electrons. The number of pyridine rings is 1. The summed E-state index contributed by atoms with van der Waals surface area (Å²) in [7, 11) is 2.12. The molecule has 5 nitrogen and oxygen atoms in total. The lowest BCUT2D eigenvalue weighted by Gasteiger charge is -2.34. The number of hydrogen-bond acceptors (Lipinski definition) is 4. The molecule has 2 heterocycles. The SMILES string of the molecule is CN1CCN(c2ccc(C(=O)Nc3ccc(F)c4cccnc34)cc2)CC1. The number of hydrogen-bond donors (Lipinski definition) is 1. The van der Waals surface area contributed by atoms with Crippen molar-refractivity contribution in [3.8, 4) is 0 Å². The Morgan fingerprint density at radius 2 is 1.78 bits per heavy atom. The summed E-state index contributed by atoms with van der Waals surface area (Å²) in [5.74, 6) is -0.592. The lowest BCUT2D eigenvalue weighted by Crippen LogP contribution is -2.44. The Balaban J connectivity index is 1.51. The highest BCUT2D eigenvalue weighted by molar-refractivity contribution is 6.08. The molecule has 0 unspecified atom stereocenters. The summed E-state index contributed by atoms with van der Waals surface area (Å²) in [5.41, 5.74) is 2.62. The molecule has 2 aromatic carbocycles. The minimum absolute atomic E-state index is 0.238. The third-order valence-electron chi connectivity index (χ3n) is 4.96. The number of nitrogens with one attached hydrogen (secondary N) is 1. The van der Waals surface area contributed by atoms with E-state index in [1.807, 2.05) is 24.3 Å². The van der Waals surface area contributed by atoms with E-state index in [0.29, 0.717) is 22.2 Å². The molecule has 0 aliphatic carbocycles. The Morgan fingerprint density at radius 1 is 1.04 bits per heavy atom. The van der Waals surface area contributed by atoms with Gasteiger partial charge in [-0.2, -0.15) is 0 Å². The molecule has 138 valence electrons. The van der Waals surface area contributed by atoms with E-state index in [4.69, 9.17) is 0 Å². The smallest absolute Gasteiger partial charge is 0.255 e. The zero-order chi connectivity index (χ0) is 18.8. The molecule has 0 atom stereocenters. The van der Waals surface area contributed by atoms with Crippen LogP contribution in [-0.4, -0.2) is 49.0 Å². The van der Waals surface area contributed by atoms with Crippen LogP contribution in [-0.2, 0) is 0 Å². The predicted octanol–water partition coefficient (Wildman–Crippen LogP) is 3.38. The minimum atomic E-state index is -0.354. The molecule has 27 heavy (non-hydrogen) atoms. The Bertz CT molecular complexity index is 966. The third-order valence-corrected chi connectivity index (χ3v) is 4.96. The van der Waals surface area contributed by atoms with Crippen molar-refractivity contribution in [3.05, 3.63) is 66.1 Å². The molecule has 0 bridgehead atoms. The quantitative estimate of drug-likeness (QED) is 0.774. The molecule has 0 saturated carbocycles. The van der Waals surface area contributed by atoms with E-state index >= 15 is 0 Å². The van der Waals surface area contributed by atoms with Gasteiger partial charge in [0.1, 0.15) is 5.82 Å². The van der Waals surface area contributed by atoms with E-state index in [9.17, 15) is 9.18 Å². The Labute approximate surface area is 157 Å². The topological polar surface area (TPSA) is 48.5 Å². The van der Waals surface area contributed by atoms with Crippen molar-refractivity contribution in [3.63, 3.8) is 0 Å². The normalized spacial score (nSPS) is 15.1.